The van der Waals surface area contributed by atoms with Crippen molar-refractivity contribution in [2.24, 2.45) is 0 Å². The highest BCUT2D eigenvalue weighted by molar-refractivity contribution is 5.42. The van der Waals surface area contributed by atoms with E-state index in [2.05, 4.69) is 16.0 Å². The molecule has 25 heavy (non-hydrogen) atoms. The summed E-state index contributed by atoms with van der Waals surface area (Å²) in [6.45, 7) is 1.84. The molecule has 0 amide bonds. The van der Waals surface area contributed by atoms with E-state index < -0.39 is 0 Å². The van der Waals surface area contributed by atoms with Crippen LogP contribution < -0.4 is 4.74 Å². The van der Waals surface area contributed by atoms with Gasteiger partial charge < -0.3 is 9.72 Å². The summed E-state index contributed by atoms with van der Waals surface area (Å²) in [5.74, 6) is 1.98. The van der Waals surface area contributed by atoms with E-state index in [1.54, 1.807) is 7.11 Å². The van der Waals surface area contributed by atoms with Crippen LogP contribution in [-0.4, -0.2) is 28.5 Å². The Hall–Kier alpha value is -2.32. The quantitative estimate of drug-likeness (QED) is 0.928. The van der Waals surface area contributed by atoms with Gasteiger partial charge >= 0.3 is 0 Å². The average molecular weight is 336 g/mol. The summed E-state index contributed by atoms with van der Waals surface area (Å²) in [6.07, 6.45) is 7.07. The molecule has 2 heterocycles. The summed E-state index contributed by atoms with van der Waals surface area (Å²) in [4.78, 5) is 11.0. The van der Waals surface area contributed by atoms with Crippen molar-refractivity contribution in [3.05, 3.63) is 46.5 Å². The first kappa shape index (κ1) is 16.2. The number of methoxy groups -OCH3 is 1. The lowest BCUT2D eigenvalue weighted by atomic mass is 10.0. The second-order valence-corrected chi connectivity index (χ2v) is 7.02. The molecule has 2 aromatic rings. The summed E-state index contributed by atoms with van der Waals surface area (Å²) in [5.41, 5.74) is 4.37. The molecule has 1 N–H and O–H groups in total. The van der Waals surface area contributed by atoms with Crippen molar-refractivity contribution < 1.29 is 4.74 Å². The maximum Gasteiger partial charge on any atom is 0.124 e. The molecule has 0 radical (unpaired) electrons. The first-order valence-corrected chi connectivity index (χ1v) is 9.17. The molecule has 0 spiro atoms. The van der Waals surface area contributed by atoms with Gasteiger partial charge in [-0.15, -0.1) is 0 Å². The van der Waals surface area contributed by atoms with Crippen molar-refractivity contribution in [3.63, 3.8) is 0 Å². The van der Waals surface area contributed by atoms with Crippen molar-refractivity contribution in [1.82, 2.24) is 14.9 Å². The van der Waals surface area contributed by atoms with Crippen LogP contribution in [0.1, 0.15) is 60.1 Å². The van der Waals surface area contributed by atoms with Crippen LogP contribution in [0.15, 0.2) is 18.2 Å². The van der Waals surface area contributed by atoms with Crippen LogP contribution in [-0.2, 0) is 19.4 Å². The summed E-state index contributed by atoms with van der Waals surface area (Å²) in [7, 11) is 1.69. The molecule has 1 aliphatic heterocycles. The summed E-state index contributed by atoms with van der Waals surface area (Å²) >= 11 is 0. The number of rotatable bonds is 4. The highest BCUT2D eigenvalue weighted by Crippen LogP contribution is 2.34. The SMILES string of the molecule is COc1ccc(C#N)cc1CN1CCC[C@H]1c1nc2c([nH]1)CCCC2. The number of aromatic nitrogens is 2. The molecule has 4 rings (SSSR count). The van der Waals surface area contributed by atoms with Gasteiger partial charge in [-0.2, -0.15) is 5.26 Å². The monoisotopic (exact) mass is 336 g/mol. The van der Waals surface area contributed by atoms with Crippen LogP contribution in [0.5, 0.6) is 5.75 Å². The molecule has 1 fully saturated rings. The van der Waals surface area contributed by atoms with Crippen LogP contribution in [0.4, 0.5) is 0 Å². The van der Waals surface area contributed by atoms with E-state index in [0.717, 1.165) is 49.5 Å². The molecule has 1 saturated heterocycles. The first-order valence-electron chi connectivity index (χ1n) is 9.17. The summed E-state index contributed by atoms with van der Waals surface area (Å²) in [5, 5.41) is 9.19. The Labute approximate surface area is 148 Å². The number of H-pyrrole nitrogens is 1. The third-order valence-electron chi connectivity index (χ3n) is 5.44. The van der Waals surface area contributed by atoms with Crippen molar-refractivity contribution in [2.75, 3.05) is 13.7 Å². The zero-order chi connectivity index (χ0) is 17.2. The van der Waals surface area contributed by atoms with Crippen LogP contribution in [0.25, 0.3) is 0 Å². The van der Waals surface area contributed by atoms with Gasteiger partial charge in [-0.3, -0.25) is 4.90 Å². The van der Waals surface area contributed by atoms with Gasteiger partial charge in [0.2, 0.25) is 0 Å². The number of hydrogen-bond donors (Lipinski definition) is 1. The van der Waals surface area contributed by atoms with E-state index in [4.69, 9.17) is 9.72 Å². The number of nitrogens with one attached hydrogen (secondary N) is 1. The van der Waals surface area contributed by atoms with Gasteiger partial charge in [0.05, 0.1) is 30.5 Å². The highest BCUT2D eigenvalue weighted by atomic mass is 16.5. The van der Waals surface area contributed by atoms with Crippen LogP contribution in [0, 0.1) is 11.3 Å². The molecule has 5 heteroatoms. The highest BCUT2D eigenvalue weighted by Gasteiger charge is 2.30. The maximum atomic E-state index is 9.19. The molecule has 2 aliphatic rings. The van der Waals surface area contributed by atoms with Gasteiger partial charge in [-0.1, -0.05) is 0 Å². The maximum absolute atomic E-state index is 9.19. The molecule has 130 valence electrons. The number of benzene rings is 1. The molecule has 1 atom stereocenters. The topological polar surface area (TPSA) is 64.9 Å². The van der Waals surface area contributed by atoms with Crippen molar-refractivity contribution in [3.8, 4) is 11.8 Å². The Morgan fingerprint density at radius 2 is 2.20 bits per heavy atom. The number of nitriles is 1. The predicted molar refractivity (Wildman–Crippen MR) is 95.3 cm³/mol. The second-order valence-electron chi connectivity index (χ2n) is 7.02. The molecule has 1 aromatic carbocycles. The number of nitrogens with zero attached hydrogens (tertiary/aromatic N) is 3. The Kier molecular flexibility index (Phi) is 4.46. The number of ether oxygens (including phenoxy) is 1. The molecule has 5 nitrogen and oxygen atoms in total. The van der Waals surface area contributed by atoms with Gasteiger partial charge in [0, 0.05) is 17.8 Å². The van der Waals surface area contributed by atoms with Gasteiger partial charge in [-0.05, 0) is 63.3 Å². The van der Waals surface area contributed by atoms with E-state index in [1.165, 1.54) is 30.7 Å². The lowest BCUT2D eigenvalue weighted by Crippen LogP contribution is -2.24. The van der Waals surface area contributed by atoms with Gasteiger partial charge in [-0.25, -0.2) is 4.98 Å². The van der Waals surface area contributed by atoms with Crippen molar-refractivity contribution in [2.45, 2.75) is 51.1 Å². The Morgan fingerprint density at radius 1 is 1.32 bits per heavy atom. The number of aromatic amines is 1. The average Bonchev–Trinajstić information content (AvgIpc) is 3.27. The lowest BCUT2D eigenvalue weighted by Gasteiger charge is -2.24. The third-order valence-corrected chi connectivity index (χ3v) is 5.44. The molecular weight excluding hydrogens is 312 g/mol. The minimum Gasteiger partial charge on any atom is -0.496 e. The number of fused-ring (bicyclic) bond motifs is 1. The van der Waals surface area contributed by atoms with Gasteiger partial charge in [0.25, 0.3) is 0 Å². The van der Waals surface area contributed by atoms with Crippen LogP contribution in [0.2, 0.25) is 0 Å². The normalized spacial score (nSPS) is 20.2. The minimum atomic E-state index is 0.334. The molecule has 0 unspecified atom stereocenters. The Bertz CT molecular complexity index is 781. The minimum absolute atomic E-state index is 0.334. The van der Waals surface area contributed by atoms with E-state index in [-0.39, 0.29) is 0 Å². The second kappa shape index (κ2) is 6.89. The van der Waals surface area contributed by atoms with Crippen molar-refractivity contribution in [1.29, 1.82) is 5.26 Å². The fourth-order valence-electron chi connectivity index (χ4n) is 4.15. The zero-order valence-electron chi connectivity index (χ0n) is 14.7. The molecule has 1 aliphatic carbocycles. The predicted octanol–water partition coefficient (Wildman–Crippen LogP) is 3.51. The summed E-state index contributed by atoms with van der Waals surface area (Å²) in [6, 6.07) is 8.21. The molecular formula is C20H24N4O. The number of imidazole rings is 1. The lowest BCUT2D eigenvalue weighted by molar-refractivity contribution is 0.237. The first-order chi connectivity index (χ1) is 12.3. The molecule has 0 saturated carbocycles. The third kappa shape index (κ3) is 3.14. The van der Waals surface area contributed by atoms with E-state index >= 15 is 0 Å². The fourth-order valence-corrected chi connectivity index (χ4v) is 4.15. The smallest absolute Gasteiger partial charge is 0.124 e. The van der Waals surface area contributed by atoms with Crippen LogP contribution >= 0.6 is 0 Å². The number of aryl methyl sites for hydroxylation is 2. The van der Waals surface area contributed by atoms with Crippen molar-refractivity contribution >= 4 is 0 Å². The zero-order valence-corrected chi connectivity index (χ0v) is 14.7. The molecule has 0 bridgehead atoms. The van der Waals surface area contributed by atoms with E-state index in [9.17, 15) is 5.26 Å². The Balaban J connectivity index is 1.58. The van der Waals surface area contributed by atoms with Crippen LogP contribution in [0.3, 0.4) is 0 Å². The van der Waals surface area contributed by atoms with Gasteiger partial charge in [0.15, 0.2) is 0 Å². The molecule has 1 aromatic heterocycles. The Morgan fingerprint density at radius 3 is 3.00 bits per heavy atom. The van der Waals surface area contributed by atoms with Gasteiger partial charge in [0.1, 0.15) is 11.6 Å². The van der Waals surface area contributed by atoms with E-state index in [0.29, 0.717) is 11.6 Å². The number of likely N-dealkylation sites (tertiary alicyclic amines) is 1. The largest absolute Gasteiger partial charge is 0.496 e. The summed E-state index contributed by atoms with van der Waals surface area (Å²) < 4.78 is 5.50. The van der Waals surface area contributed by atoms with E-state index in [1.807, 2.05) is 18.2 Å². The fraction of sp³-hybridized carbons (Fsp3) is 0.500. The standard InChI is InChI=1S/C20H24N4O/c1-25-19-9-8-14(12-21)11-15(19)13-24-10-4-7-18(24)20-22-16-5-2-3-6-17(16)23-20/h8-9,11,18H,2-7,10,13H2,1H3,(H,22,23)/t18-/m0/s1. The number of hydrogen-bond acceptors (Lipinski definition) is 4.